The molecule has 0 spiro atoms. The number of hydrogen-bond donors (Lipinski definition) is 1. The van der Waals surface area contributed by atoms with Gasteiger partial charge in [-0.2, -0.15) is 0 Å². The second-order valence-corrected chi connectivity index (χ2v) is 7.65. The lowest BCUT2D eigenvalue weighted by Crippen LogP contribution is -2.41. The predicted molar refractivity (Wildman–Crippen MR) is 104 cm³/mol. The van der Waals surface area contributed by atoms with Crippen LogP contribution in [-0.2, 0) is 4.79 Å². The molecule has 1 aliphatic heterocycles. The normalized spacial score (nSPS) is 17.5. The molecule has 0 radical (unpaired) electrons. The lowest BCUT2D eigenvalue weighted by atomic mass is 9.96. The topological polar surface area (TPSA) is 45.2 Å². The highest BCUT2D eigenvalue weighted by molar-refractivity contribution is 7.17. The number of amides is 1. The third kappa shape index (κ3) is 3.29. The molecule has 2 aromatic heterocycles. The summed E-state index contributed by atoms with van der Waals surface area (Å²) < 4.78 is 14.9. The first-order chi connectivity index (χ1) is 12.6. The van der Waals surface area contributed by atoms with Crippen LogP contribution in [0.15, 0.2) is 41.9 Å². The van der Waals surface area contributed by atoms with Crippen molar-refractivity contribution in [2.45, 2.75) is 19.8 Å². The molecule has 0 saturated carbocycles. The molecule has 4 rings (SSSR count). The van der Waals surface area contributed by atoms with Gasteiger partial charge in [0.1, 0.15) is 11.6 Å². The van der Waals surface area contributed by atoms with Crippen LogP contribution < -0.4 is 10.2 Å². The average molecular weight is 369 g/mol. The number of nitrogens with zero attached hydrogens (tertiary/aromatic N) is 2. The predicted octanol–water partition coefficient (Wildman–Crippen LogP) is 4.60. The van der Waals surface area contributed by atoms with E-state index in [-0.39, 0.29) is 17.6 Å². The van der Waals surface area contributed by atoms with Crippen LogP contribution >= 0.6 is 11.3 Å². The Morgan fingerprint density at radius 1 is 1.35 bits per heavy atom. The van der Waals surface area contributed by atoms with Gasteiger partial charge >= 0.3 is 0 Å². The van der Waals surface area contributed by atoms with Crippen LogP contribution in [0.4, 0.5) is 15.9 Å². The summed E-state index contributed by atoms with van der Waals surface area (Å²) in [6, 6.07) is 8.90. The number of rotatable bonds is 3. The van der Waals surface area contributed by atoms with Gasteiger partial charge in [-0.1, -0.05) is 6.07 Å². The zero-order valence-corrected chi connectivity index (χ0v) is 15.4. The largest absolute Gasteiger partial charge is 0.355 e. The van der Waals surface area contributed by atoms with E-state index in [1.165, 1.54) is 10.8 Å². The molecule has 134 valence electrons. The third-order valence-electron chi connectivity index (χ3n) is 4.89. The van der Waals surface area contributed by atoms with Crippen molar-refractivity contribution in [3.05, 3.63) is 53.3 Å². The molecule has 1 amide bonds. The van der Waals surface area contributed by atoms with Crippen LogP contribution in [0.3, 0.4) is 0 Å². The molecular weight excluding hydrogens is 349 g/mol. The van der Waals surface area contributed by atoms with Gasteiger partial charge in [0.2, 0.25) is 5.91 Å². The monoisotopic (exact) mass is 369 g/mol. The van der Waals surface area contributed by atoms with Crippen molar-refractivity contribution in [3.8, 4) is 0 Å². The van der Waals surface area contributed by atoms with E-state index in [0.717, 1.165) is 30.6 Å². The van der Waals surface area contributed by atoms with Crippen molar-refractivity contribution in [2.24, 2.45) is 5.92 Å². The standard InChI is InChI=1S/C20H20FN3OS/c1-13-4-5-15(11-17(13)21)23-20(25)14-3-2-9-24(12-14)19-16-7-10-26-18(16)6-8-22-19/h4-8,10-11,14H,2-3,9,12H2,1H3,(H,23,25). The Balaban J connectivity index is 1.50. The molecular formula is C20H20FN3OS. The number of aromatic nitrogens is 1. The molecule has 3 heterocycles. The Morgan fingerprint density at radius 3 is 3.08 bits per heavy atom. The smallest absolute Gasteiger partial charge is 0.229 e. The lowest BCUT2D eigenvalue weighted by Gasteiger charge is -2.33. The molecule has 1 saturated heterocycles. The molecule has 1 aliphatic rings. The Morgan fingerprint density at radius 2 is 2.23 bits per heavy atom. The number of aryl methyl sites for hydroxylation is 1. The molecule has 1 unspecified atom stereocenters. The molecule has 6 heteroatoms. The summed E-state index contributed by atoms with van der Waals surface area (Å²) in [4.78, 5) is 19.4. The summed E-state index contributed by atoms with van der Waals surface area (Å²) in [5, 5.41) is 6.06. The third-order valence-corrected chi connectivity index (χ3v) is 5.77. The fourth-order valence-corrected chi connectivity index (χ4v) is 4.21. The van der Waals surface area contributed by atoms with E-state index in [4.69, 9.17) is 0 Å². The van der Waals surface area contributed by atoms with E-state index in [2.05, 4.69) is 26.6 Å². The summed E-state index contributed by atoms with van der Waals surface area (Å²) in [7, 11) is 0. The molecule has 1 N–H and O–H groups in total. The van der Waals surface area contributed by atoms with Crippen LogP contribution in [0.5, 0.6) is 0 Å². The van der Waals surface area contributed by atoms with Crippen LogP contribution in [0.25, 0.3) is 10.1 Å². The number of anilines is 2. The molecule has 0 bridgehead atoms. The number of hydrogen-bond acceptors (Lipinski definition) is 4. The average Bonchev–Trinajstić information content (AvgIpc) is 3.13. The summed E-state index contributed by atoms with van der Waals surface area (Å²) >= 11 is 1.70. The van der Waals surface area contributed by atoms with Crippen LogP contribution in [0, 0.1) is 18.7 Å². The Labute approximate surface area is 155 Å². The number of carbonyl (C=O) groups excluding carboxylic acids is 1. The quantitative estimate of drug-likeness (QED) is 0.734. The van der Waals surface area contributed by atoms with Crippen LogP contribution in [-0.4, -0.2) is 24.0 Å². The summed E-state index contributed by atoms with van der Waals surface area (Å²) in [5.41, 5.74) is 1.08. The molecule has 4 nitrogen and oxygen atoms in total. The zero-order chi connectivity index (χ0) is 18.1. The molecule has 1 aromatic carbocycles. The number of piperidine rings is 1. The van der Waals surface area contributed by atoms with Gasteiger partial charge in [-0.05, 0) is 55.0 Å². The minimum atomic E-state index is -0.304. The zero-order valence-electron chi connectivity index (χ0n) is 14.5. The van der Waals surface area contributed by atoms with E-state index in [1.54, 1.807) is 30.4 Å². The van der Waals surface area contributed by atoms with E-state index in [0.29, 0.717) is 17.8 Å². The number of carbonyl (C=O) groups is 1. The van der Waals surface area contributed by atoms with E-state index >= 15 is 0 Å². The number of fused-ring (bicyclic) bond motifs is 1. The van der Waals surface area contributed by atoms with Crippen molar-refractivity contribution in [1.82, 2.24) is 4.98 Å². The van der Waals surface area contributed by atoms with Gasteiger partial charge in [0.05, 0.1) is 5.92 Å². The van der Waals surface area contributed by atoms with E-state index < -0.39 is 0 Å². The maximum absolute atomic E-state index is 13.7. The fraction of sp³-hybridized carbons (Fsp3) is 0.300. The van der Waals surface area contributed by atoms with Gasteiger partial charge in [-0.15, -0.1) is 11.3 Å². The van der Waals surface area contributed by atoms with Crippen molar-refractivity contribution in [1.29, 1.82) is 0 Å². The Kier molecular flexibility index (Phi) is 4.59. The number of pyridine rings is 1. The maximum atomic E-state index is 13.7. The summed E-state index contributed by atoms with van der Waals surface area (Å²) in [6.45, 7) is 3.23. The van der Waals surface area contributed by atoms with E-state index in [9.17, 15) is 9.18 Å². The first-order valence-electron chi connectivity index (χ1n) is 8.76. The fourth-order valence-electron chi connectivity index (χ4n) is 3.43. The van der Waals surface area contributed by atoms with Crippen molar-refractivity contribution >= 4 is 38.8 Å². The highest BCUT2D eigenvalue weighted by Gasteiger charge is 2.27. The second-order valence-electron chi connectivity index (χ2n) is 6.71. The molecule has 1 atom stereocenters. The Hall–Kier alpha value is -2.47. The molecule has 1 fully saturated rings. The van der Waals surface area contributed by atoms with Crippen molar-refractivity contribution < 1.29 is 9.18 Å². The van der Waals surface area contributed by atoms with Crippen LogP contribution in [0.1, 0.15) is 18.4 Å². The summed E-state index contributed by atoms with van der Waals surface area (Å²) in [6.07, 6.45) is 3.59. The van der Waals surface area contributed by atoms with Gasteiger partial charge in [0.15, 0.2) is 0 Å². The van der Waals surface area contributed by atoms with Gasteiger partial charge < -0.3 is 10.2 Å². The maximum Gasteiger partial charge on any atom is 0.229 e. The van der Waals surface area contributed by atoms with Gasteiger partial charge in [0.25, 0.3) is 0 Å². The van der Waals surface area contributed by atoms with E-state index in [1.807, 2.05) is 12.3 Å². The molecule has 26 heavy (non-hydrogen) atoms. The number of nitrogens with one attached hydrogen (secondary N) is 1. The van der Waals surface area contributed by atoms with Gasteiger partial charge in [0, 0.05) is 35.1 Å². The van der Waals surface area contributed by atoms with Crippen molar-refractivity contribution in [3.63, 3.8) is 0 Å². The SMILES string of the molecule is Cc1ccc(NC(=O)C2CCCN(c3nccc4sccc34)C2)cc1F. The number of benzene rings is 1. The first kappa shape index (κ1) is 17.0. The number of thiophene rings is 1. The molecule has 0 aliphatic carbocycles. The van der Waals surface area contributed by atoms with Crippen LogP contribution in [0.2, 0.25) is 0 Å². The molecule has 3 aromatic rings. The lowest BCUT2D eigenvalue weighted by molar-refractivity contribution is -0.120. The Bertz CT molecular complexity index is 955. The van der Waals surface area contributed by atoms with Gasteiger partial charge in [-0.25, -0.2) is 9.37 Å². The highest BCUT2D eigenvalue weighted by atomic mass is 32.1. The second kappa shape index (κ2) is 7.03. The highest BCUT2D eigenvalue weighted by Crippen LogP contribution is 2.31. The minimum absolute atomic E-state index is 0.0598. The van der Waals surface area contributed by atoms with Gasteiger partial charge in [-0.3, -0.25) is 4.79 Å². The van der Waals surface area contributed by atoms with Crippen molar-refractivity contribution in [2.75, 3.05) is 23.3 Å². The number of halogens is 1. The minimum Gasteiger partial charge on any atom is -0.355 e. The first-order valence-corrected chi connectivity index (χ1v) is 9.64. The summed E-state index contributed by atoms with van der Waals surface area (Å²) in [5.74, 6) is 0.447.